The molecular formula is C18H20N8O2S. The smallest absolute Gasteiger partial charge is 0.264 e. The summed E-state index contributed by atoms with van der Waals surface area (Å²) in [4.78, 5) is 16.0. The van der Waals surface area contributed by atoms with Crippen LogP contribution in [0, 0.1) is 0 Å². The third-order valence-electron chi connectivity index (χ3n) is 3.50. The van der Waals surface area contributed by atoms with E-state index in [9.17, 15) is 4.79 Å². The van der Waals surface area contributed by atoms with Gasteiger partial charge in [-0.15, -0.1) is 10.2 Å². The van der Waals surface area contributed by atoms with Crippen LogP contribution in [0.25, 0.3) is 0 Å². The molecule has 1 amide bonds. The molecule has 0 atom stereocenters. The summed E-state index contributed by atoms with van der Waals surface area (Å²) in [6.07, 6.45) is 3.22. The fourth-order valence-electron chi connectivity index (χ4n) is 2.18. The lowest BCUT2D eigenvalue weighted by Crippen LogP contribution is -2.17. The van der Waals surface area contributed by atoms with Crippen molar-refractivity contribution in [2.24, 2.45) is 5.10 Å². The van der Waals surface area contributed by atoms with E-state index in [0.29, 0.717) is 17.6 Å². The fourth-order valence-corrected chi connectivity index (χ4v) is 2.84. The monoisotopic (exact) mass is 412 g/mol. The van der Waals surface area contributed by atoms with E-state index in [1.807, 2.05) is 31.2 Å². The number of benzene rings is 1. The van der Waals surface area contributed by atoms with E-state index in [0.717, 1.165) is 23.1 Å². The van der Waals surface area contributed by atoms with E-state index in [2.05, 4.69) is 31.0 Å². The predicted molar refractivity (Wildman–Crippen MR) is 113 cm³/mol. The quantitative estimate of drug-likeness (QED) is 0.210. The van der Waals surface area contributed by atoms with Gasteiger partial charge in [-0.2, -0.15) is 5.10 Å². The van der Waals surface area contributed by atoms with E-state index >= 15 is 0 Å². The molecule has 0 saturated carbocycles. The summed E-state index contributed by atoms with van der Waals surface area (Å²) in [6.45, 7) is 2.55. The highest BCUT2D eigenvalue weighted by Gasteiger charge is 2.12. The number of thioether (sulfide) groups is 1. The summed E-state index contributed by atoms with van der Waals surface area (Å²) in [7, 11) is 0. The second-order valence-electron chi connectivity index (χ2n) is 5.60. The van der Waals surface area contributed by atoms with E-state index < -0.39 is 0 Å². The Hall–Kier alpha value is -3.60. The first-order chi connectivity index (χ1) is 14.2. The van der Waals surface area contributed by atoms with Gasteiger partial charge in [-0.1, -0.05) is 17.8 Å². The predicted octanol–water partition coefficient (Wildman–Crippen LogP) is 1.96. The van der Waals surface area contributed by atoms with Crippen molar-refractivity contribution in [3.63, 3.8) is 0 Å². The number of ether oxygens (including phenoxy) is 1. The molecule has 3 rings (SSSR count). The lowest BCUT2D eigenvalue weighted by Gasteiger charge is -2.04. The number of hydrogen-bond donors (Lipinski definition) is 3. The molecule has 0 bridgehead atoms. The number of hydrogen-bond acceptors (Lipinski definition) is 9. The maximum atomic E-state index is 12.0. The second-order valence-corrected chi connectivity index (χ2v) is 6.54. The van der Waals surface area contributed by atoms with Gasteiger partial charge in [-0.25, -0.2) is 15.1 Å². The van der Waals surface area contributed by atoms with Crippen LogP contribution >= 0.6 is 11.8 Å². The molecular weight excluding hydrogens is 392 g/mol. The van der Waals surface area contributed by atoms with E-state index in [-0.39, 0.29) is 17.6 Å². The van der Waals surface area contributed by atoms with Gasteiger partial charge in [0, 0.05) is 6.20 Å². The summed E-state index contributed by atoms with van der Waals surface area (Å²) in [5, 5.41) is 15.0. The summed E-state index contributed by atoms with van der Waals surface area (Å²) in [5.41, 5.74) is 3.61. The molecule has 0 aliphatic rings. The normalized spacial score (nSPS) is 10.8. The number of aromatic nitrogens is 4. The van der Waals surface area contributed by atoms with Crippen LogP contribution in [0.15, 0.2) is 58.9 Å². The maximum Gasteiger partial charge on any atom is 0.264 e. The Morgan fingerprint density at radius 1 is 1.28 bits per heavy atom. The number of rotatable bonds is 9. The molecule has 1 aromatic carbocycles. The largest absolute Gasteiger partial charge is 0.494 e. The number of nitrogen functional groups attached to an aromatic ring is 1. The zero-order valence-corrected chi connectivity index (χ0v) is 16.5. The molecule has 4 N–H and O–H groups in total. The summed E-state index contributed by atoms with van der Waals surface area (Å²) < 4.78 is 6.62. The molecule has 0 aliphatic heterocycles. The molecule has 0 saturated heterocycles. The molecule has 0 aliphatic carbocycles. The highest BCUT2D eigenvalue weighted by atomic mass is 32.2. The summed E-state index contributed by atoms with van der Waals surface area (Å²) in [6, 6.07) is 12.8. The topological polar surface area (TPSA) is 132 Å². The van der Waals surface area contributed by atoms with Crippen LogP contribution in [0.2, 0.25) is 0 Å². The minimum Gasteiger partial charge on any atom is -0.494 e. The fraction of sp³-hybridized carbons (Fsp3) is 0.167. The Balaban J connectivity index is 1.50. The SMILES string of the molecule is CCOc1ccc(/C=N/Nc2nnc(SCC(=O)Nc3ccccn3)n2N)cc1. The van der Waals surface area contributed by atoms with Crippen molar-refractivity contribution in [2.45, 2.75) is 12.1 Å². The molecule has 3 aromatic rings. The molecule has 10 nitrogen and oxygen atoms in total. The molecule has 29 heavy (non-hydrogen) atoms. The first kappa shape index (κ1) is 20.1. The number of amides is 1. The van der Waals surface area contributed by atoms with Crippen LogP contribution in [0.5, 0.6) is 5.75 Å². The minimum absolute atomic E-state index is 0.112. The van der Waals surface area contributed by atoms with Crippen molar-refractivity contribution in [3.8, 4) is 5.75 Å². The first-order valence-corrected chi connectivity index (χ1v) is 9.70. The molecule has 0 spiro atoms. The van der Waals surface area contributed by atoms with Crippen molar-refractivity contribution >= 4 is 35.6 Å². The van der Waals surface area contributed by atoms with Gasteiger partial charge < -0.3 is 15.9 Å². The molecule has 150 valence electrons. The highest BCUT2D eigenvalue weighted by Crippen LogP contribution is 2.17. The number of nitrogens with two attached hydrogens (primary N) is 1. The van der Waals surface area contributed by atoms with E-state index in [1.165, 1.54) is 4.68 Å². The van der Waals surface area contributed by atoms with Crippen molar-refractivity contribution in [2.75, 3.05) is 28.9 Å². The number of nitrogens with zero attached hydrogens (tertiary/aromatic N) is 5. The maximum absolute atomic E-state index is 12.0. The number of hydrazone groups is 1. The first-order valence-electron chi connectivity index (χ1n) is 8.72. The average Bonchev–Trinajstić information content (AvgIpc) is 3.08. The summed E-state index contributed by atoms with van der Waals surface area (Å²) >= 11 is 1.15. The lowest BCUT2D eigenvalue weighted by atomic mass is 10.2. The van der Waals surface area contributed by atoms with Crippen molar-refractivity contribution < 1.29 is 9.53 Å². The van der Waals surface area contributed by atoms with Gasteiger partial charge in [0.2, 0.25) is 11.1 Å². The Morgan fingerprint density at radius 3 is 2.83 bits per heavy atom. The highest BCUT2D eigenvalue weighted by molar-refractivity contribution is 7.99. The summed E-state index contributed by atoms with van der Waals surface area (Å²) in [5.74, 6) is 7.37. The van der Waals surface area contributed by atoms with Gasteiger partial charge in [0.25, 0.3) is 5.95 Å². The van der Waals surface area contributed by atoms with Gasteiger partial charge in [-0.05, 0) is 48.9 Å². The van der Waals surface area contributed by atoms with Crippen LogP contribution in [-0.4, -0.2) is 44.3 Å². The molecule has 11 heteroatoms. The number of pyridine rings is 1. The van der Waals surface area contributed by atoms with Crippen molar-refractivity contribution in [1.82, 2.24) is 19.9 Å². The number of anilines is 2. The molecule has 2 heterocycles. The van der Waals surface area contributed by atoms with Gasteiger partial charge in [0.15, 0.2) is 0 Å². The molecule has 0 radical (unpaired) electrons. The number of carbonyl (C=O) groups is 1. The third-order valence-corrected chi connectivity index (χ3v) is 4.44. The van der Waals surface area contributed by atoms with Crippen molar-refractivity contribution in [3.05, 3.63) is 54.2 Å². The number of nitrogens with one attached hydrogen (secondary N) is 2. The van der Waals surface area contributed by atoms with Crippen LogP contribution in [-0.2, 0) is 4.79 Å². The van der Waals surface area contributed by atoms with Gasteiger partial charge >= 0.3 is 0 Å². The van der Waals surface area contributed by atoms with Crippen LogP contribution in [0.1, 0.15) is 12.5 Å². The molecule has 0 fully saturated rings. The van der Waals surface area contributed by atoms with Crippen LogP contribution < -0.4 is 21.3 Å². The zero-order valence-electron chi connectivity index (χ0n) is 15.6. The average molecular weight is 412 g/mol. The van der Waals surface area contributed by atoms with Gasteiger partial charge in [0.1, 0.15) is 11.6 Å². The molecule has 0 unspecified atom stereocenters. The Labute approximate surface area is 171 Å². The Bertz CT molecular complexity index is 960. The third kappa shape index (κ3) is 5.94. The van der Waals surface area contributed by atoms with Gasteiger partial charge in [0.05, 0.1) is 18.6 Å². The number of carbonyl (C=O) groups excluding carboxylic acids is 1. The zero-order chi connectivity index (χ0) is 20.5. The Morgan fingerprint density at radius 2 is 2.10 bits per heavy atom. The van der Waals surface area contributed by atoms with Gasteiger partial charge in [-0.3, -0.25) is 4.79 Å². The van der Waals surface area contributed by atoms with E-state index in [4.69, 9.17) is 10.6 Å². The standard InChI is InChI=1S/C18H20N8O2S/c1-2-28-14-8-6-13(7-9-14)11-21-23-17-24-25-18(26(17)19)29-12-16(27)22-15-5-3-4-10-20-15/h3-11H,2,12,19H2,1H3,(H,23,24)(H,20,22,27)/b21-11+. The van der Waals surface area contributed by atoms with E-state index in [1.54, 1.807) is 30.6 Å². The molecule has 2 aromatic heterocycles. The Kier molecular flexibility index (Phi) is 7.00. The second kappa shape index (κ2) is 10.1. The van der Waals surface area contributed by atoms with Crippen molar-refractivity contribution in [1.29, 1.82) is 0 Å². The minimum atomic E-state index is -0.222. The van der Waals surface area contributed by atoms with Crippen LogP contribution in [0.3, 0.4) is 0 Å². The lowest BCUT2D eigenvalue weighted by molar-refractivity contribution is -0.113. The van der Waals surface area contributed by atoms with Crippen LogP contribution in [0.4, 0.5) is 11.8 Å².